The molecule has 0 amide bonds. The molecule has 7 nitrogen and oxygen atoms in total. The summed E-state index contributed by atoms with van der Waals surface area (Å²) in [6.07, 6.45) is 3.83. The molecule has 7 heteroatoms. The number of fused-ring (bicyclic) bond motifs is 2. The second-order valence-electron chi connectivity index (χ2n) is 9.80. The van der Waals surface area contributed by atoms with Crippen molar-refractivity contribution in [2.75, 3.05) is 18.0 Å². The Morgan fingerprint density at radius 2 is 1.85 bits per heavy atom. The summed E-state index contributed by atoms with van der Waals surface area (Å²) in [6.45, 7) is 3.75. The first-order chi connectivity index (χ1) is 16.6. The average molecular weight is 455 g/mol. The fourth-order valence-electron chi connectivity index (χ4n) is 6.09. The largest absolute Gasteiger partial charge is 0.342 e. The number of nitrogens with zero attached hydrogens (tertiary/aromatic N) is 3. The van der Waals surface area contributed by atoms with Gasteiger partial charge in [0.25, 0.3) is 5.56 Å². The van der Waals surface area contributed by atoms with Crippen LogP contribution in [0.3, 0.4) is 0 Å². The topological polar surface area (TPSA) is 104 Å². The lowest BCUT2D eigenvalue weighted by molar-refractivity contribution is 0.187. The Bertz CT molecular complexity index is 1380. The predicted octanol–water partition coefficient (Wildman–Crippen LogP) is 4.03. The van der Waals surface area contributed by atoms with Gasteiger partial charge in [0.1, 0.15) is 5.39 Å². The fraction of sp³-hybridized carbons (Fsp3) is 0.370. The minimum absolute atomic E-state index is 0.0454. The molecule has 2 aromatic heterocycles. The molecular formula is C27H30N6O. The van der Waals surface area contributed by atoms with E-state index < -0.39 is 0 Å². The number of benzene rings is 2. The summed E-state index contributed by atoms with van der Waals surface area (Å²) in [6, 6.07) is 18.8. The highest BCUT2D eigenvalue weighted by atomic mass is 16.1. The van der Waals surface area contributed by atoms with Gasteiger partial charge in [-0.25, -0.2) is 0 Å². The smallest absolute Gasteiger partial charge is 0.263 e. The van der Waals surface area contributed by atoms with Gasteiger partial charge in [-0.2, -0.15) is 10.1 Å². The molecule has 1 aliphatic carbocycles. The van der Waals surface area contributed by atoms with Crippen LogP contribution in [-0.2, 0) is 6.42 Å². The van der Waals surface area contributed by atoms with E-state index in [-0.39, 0.29) is 22.9 Å². The van der Waals surface area contributed by atoms with Crippen molar-refractivity contribution in [3.05, 3.63) is 87.3 Å². The molecule has 1 spiro atoms. The number of hydrogen-bond acceptors (Lipinski definition) is 5. The third-order valence-corrected chi connectivity index (χ3v) is 8.04. The van der Waals surface area contributed by atoms with Crippen LogP contribution in [0.15, 0.2) is 59.4 Å². The van der Waals surface area contributed by atoms with Crippen LogP contribution < -0.4 is 16.2 Å². The first-order valence-electron chi connectivity index (χ1n) is 12.2. The first kappa shape index (κ1) is 21.1. The molecule has 0 bridgehead atoms. The SMILES string of the molecule is CCC(c1ccccc1)c1n[nH]c2nc(N3CCC4(CC3)Cc3ccccc3[C@H]4N)[nH]c(=O)c12. The number of H-pyrrole nitrogens is 2. The van der Waals surface area contributed by atoms with E-state index in [0.717, 1.165) is 50.0 Å². The molecular weight excluding hydrogens is 424 g/mol. The molecule has 34 heavy (non-hydrogen) atoms. The van der Waals surface area contributed by atoms with Gasteiger partial charge in [-0.1, -0.05) is 61.5 Å². The second kappa shape index (κ2) is 8.09. The van der Waals surface area contributed by atoms with Crippen molar-refractivity contribution in [1.29, 1.82) is 0 Å². The second-order valence-corrected chi connectivity index (χ2v) is 9.80. The molecule has 1 aliphatic heterocycles. The van der Waals surface area contributed by atoms with Crippen LogP contribution in [0.1, 0.15) is 60.5 Å². The highest BCUT2D eigenvalue weighted by Gasteiger charge is 2.46. The predicted molar refractivity (Wildman–Crippen MR) is 134 cm³/mol. The molecule has 1 unspecified atom stereocenters. The van der Waals surface area contributed by atoms with Crippen molar-refractivity contribution in [2.24, 2.45) is 11.1 Å². The lowest BCUT2D eigenvalue weighted by Gasteiger charge is -2.42. The quantitative estimate of drug-likeness (QED) is 0.432. The normalized spacial score (nSPS) is 20.1. The maximum absolute atomic E-state index is 13.2. The molecule has 2 aromatic carbocycles. The van der Waals surface area contributed by atoms with E-state index in [1.165, 1.54) is 11.1 Å². The van der Waals surface area contributed by atoms with Gasteiger partial charge in [0.15, 0.2) is 5.65 Å². The van der Waals surface area contributed by atoms with Crippen molar-refractivity contribution in [3.8, 4) is 0 Å². The van der Waals surface area contributed by atoms with E-state index in [0.29, 0.717) is 17.0 Å². The molecule has 2 aliphatic rings. The van der Waals surface area contributed by atoms with Crippen molar-refractivity contribution >= 4 is 17.0 Å². The molecule has 0 saturated carbocycles. The summed E-state index contributed by atoms with van der Waals surface area (Å²) in [5, 5.41) is 8.13. The minimum atomic E-state index is -0.136. The van der Waals surface area contributed by atoms with Crippen molar-refractivity contribution < 1.29 is 0 Å². The van der Waals surface area contributed by atoms with E-state index in [1.807, 2.05) is 18.2 Å². The van der Waals surface area contributed by atoms with Gasteiger partial charge < -0.3 is 10.6 Å². The number of nitrogens with one attached hydrogen (secondary N) is 2. The van der Waals surface area contributed by atoms with Gasteiger partial charge in [0.2, 0.25) is 5.95 Å². The number of aromatic nitrogens is 4. The fourth-order valence-corrected chi connectivity index (χ4v) is 6.09. The Morgan fingerprint density at radius 3 is 2.59 bits per heavy atom. The number of anilines is 1. The summed E-state index contributed by atoms with van der Waals surface area (Å²) in [4.78, 5) is 23.2. The monoisotopic (exact) mass is 454 g/mol. The average Bonchev–Trinajstić information content (AvgIpc) is 3.41. The molecule has 4 aromatic rings. The summed E-state index contributed by atoms with van der Waals surface area (Å²) >= 11 is 0. The van der Waals surface area contributed by atoms with Gasteiger partial charge in [-0.05, 0) is 47.8 Å². The summed E-state index contributed by atoms with van der Waals surface area (Å²) in [7, 11) is 0. The maximum Gasteiger partial charge on any atom is 0.263 e. The Labute approximate surface area is 198 Å². The number of hydrogen-bond donors (Lipinski definition) is 3. The molecule has 3 heterocycles. The Kier molecular flexibility index (Phi) is 5.03. The number of piperidine rings is 1. The van der Waals surface area contributed by atoms with Crippen molar-refractivity contribution in [1.82, 2.24) is 20.2 Å². The highest BCUT2D eigenvalue weighted by molar-refractivity contribution is 5.78. The Hall–Kier alpha value is -3.45. The van der Waals surface area contributed by atoms with Gasteiger partial charge >= 0.3 is 0 Å². The molecule has 6 rings (SSSR count). The van der Waals surface area contributed by atoms with E-state index in [2.05, 4.69) is 63.4 Å². The number of nitrogens with two attached hydrogens (primary N) is 1. The zero-order valence-electron chi connectivity index (χ0n) is 19.4. The minimum Gasteiger partial charge on any atom is -0.342 e. The van der Waals surface area contributed by atoms with Crippen LogP contribution in [0.5, 0.6) is 0 Å². The zero-order valence-corrected chi connectivity index (χ0v) is 19.4. The van der Waals surface area contributed by atoms with E-state index in [4.69, 9.17) is 10.7 Å². The van der Waals surface area contributed by atoms with Gasteiger partial charge in [-0.3, -0.25) is 14.9 Å². The molecule has 0 radical (unpaired) electrons. The Balaban J connectivity index is 1.26. The molecule has 1 fully saturated rings. The van der Waals surface area contributed by atoms with Gasteiger partial charge in [0.05, 0.1) is 5.69 Å². The van der Waals surface area contributed by atoms with Crippen LogP contribution in [-0.4, -0.2) is 33.3 Å². The van der Waals surface area contributed by atoms with Gasteiger partial charge in [-0.15, -0.1) is 0 Å². The van der Waals surface area contributed by atoms with Crippen LogP contribution in [0.4, 0.5) is 5.95 Å². The van der Waals surface area contributed by atoms with E-state index in [1.54, 1.807) is 0 Å². The van der Waals surface area contributed by atoms with Crippen LogP contribution in [0, 0.1) is 5.41 Å². The van der Waals surface area contributed by atoms with Crippen molar-refractivity contribution in [3.63, 3.8) is 0 Å². The lowest BCUT2D eigenvalue weighted by atomic mass is 9.73. The van der Waals surface area contributed by atoms with E-state index >= 15 is 0 Å². The van der Waals surface area contributed by atoms with Gasteiger partial charge in [0, 0.05) is 25.0 Å². The maximum atomic E-state index is 13.2. The summed E-state index contributed by atoms with van der Waals surface area (Å²) in [5.41, 5.74) is 11.8. The highest BCUT2D eigenvalue weighted by Crippen LogP contribution is 2.50. The number of rotatable bonds is 4. The zero-order chi connectivity index (χ0) is 23.3. The molecule has 2 atom stereocenters. The first-order valence-corrected chi connectivity index (χ1v) is 12.2. The van der Waals surface area contributed by atoms with E-state index in [9.17, 15) is 4.79 Å². The molecule has 4 N–H and O–H groups in total. The third-order valence-electron chi connectivity index (χ3n) is 8.04. The number of aromatic amines is 2. The Morgan fingerprint density at radius 1 is 1.12 bits per heavy atom. The summed E-state index contributed by atoms with van der Waals surface area (Å²) < 4.78 is 0. The molecule has 174 valence electrons. The van der Waals surface area contributed by atoms with Crippen molar-refractivity contribution in [2.45, 2.75) is 44.6 Å². The summed E-state index contributed by atoms with van der Waals surface area (Å²) in [5.74, 6) is 0.656. The van der Waals surface area contributed by atoms with Crippen LogP contribution in [0.25, 0.3) is 11.0 Å². The van der Waals surface area contributed by atoms with Crippen LogP contribution >= 0.6 is 0 Å². The third kappa shape index (κ3) is 3.26. The standard InChI is InChI=1S/C27H30N6O/c1-2-19(17-8-4-3-5-9-17)22-21-24(32-31-22)29-26(30-25(21)34)33-14-12-27(13-15-33)16-18-10-6-7-11-20(18)23(27)28/h3-11,19,23H,2,12-16,28H2,1H3,(H2,29,30,31,32,34)/t19?,23-/m1/s1. The lowest BCUT2D eigenvalue weighted by Crippen LogP contribution is -2.45. The molecule has 1 saturated heterocycles. The van der Waals surface area contributed by atoms with Crippen LogP contribution in [0.2, 0.25) is 0 Å².